The van der Waals surface area contributed by atoms with Crippen LogP contribution in [-0.2, 0) is 5.41 Å². The summed E-state index contributed by atoms with van der Waals surface area (Å²) in [5.41, 5.74) is 17.7. The average Bonchev–Trinajstić information content (AvgIpc) is 3.70. The third-order valence-electron chi connectivity index (χ3n) is 11.1. The van der Waals surface area contributed by atoms with E-state index in [1.807, 2.05) is 12.1 Å². The molecule has 2 heteroatoms. The fourth-order valence-corrected chi connectivity index (χ4v) is 8.35. The van der Waals surface area contributed by atoms with Crippen LogP contribution in [0.25, 0.3) is 66.4 Å². The quantitative estimate of drug-likeness (QED) is 0.174. The monoisotopic (exact) mass is 679 g/mol. The first-order chi connectivity index (χ1) is 26.0. The van der Waals surface area contributed by atoms with Gasteiger partial charge < -0.3 is 9.32 Å². The SMILES string of the molecule is CC1(C)c2ccccc2-c2ccc(-c3ccc(N(c4ccc(-c5ccc6oc7ccccc7c6c5)cc4)c4ccccc4-c4ccccc4)cc3)cc21. The lowest BCUT2D eigenvalue weighted by atomic mass is 9.81. The Hall–Kier alpha value is -6.64. The van der Waals surface area contributed by atoms with Crippen molar-refractivity contribution in [1.29, 1.82) is 0 Å². The van der Waals surface area contributed by atoms with Crippen LogP contribution < -0.4 is 4.90 Å². The van der Waals surface area contributed by atoms with Crippen LogP contribution in [0, 0.1) is 0 Å². The second-order valence-corrected chi connectivity index (χ2v) is 14.6. The van der Waals surface area contributed by atoms with Gasteiger partial charge in [-0.2, -0.15) is 0 Å². The van der Waals surface area contributed by atoms with E-state index in [0.717, 1.165) is 50.1 Å². The maximum Gasteiger partial charge on any atom is 0.135 e. The molecule has 9 aromatic rings. The zero-order valence-electron chi connectivity index (χ0n) is 29.8. The Kier molecular flexibility index (Phi) is 7.19. The molecule has 1 aliphatic carbocycles. The second-order valence-electron chi connectivity index (χ2n) is 14.6. The summed E-state index contributed by atoms with van der Waals surface area (Å²) in [4.78, 5) is 2.38. The smallest absolute Gasteiger partial charge is 0.135 e. The van der Waals surface area contributed by atoms with Crippen LogP contribution >= 0.6 is 0 Å². The Balaban J connectivity index is 1.05. The van der Waals surface area contributed by atoms with E-state index in [-0.39, 0.29) is 5.41 Å². The number of benzene rings is 8. The Morgan fingerprint density at radius 2 is 0.925 bits per heavy atom. The number of hydrogen-bond donors (Lipinski definition) is 0. The third kappa shape index (κ3) is 5.18. The second kappa shape index (κ2) is 12.3. The standard InChI is InChI=1S/C51H37NO/c1-51(2)46-17-9-6-15-42(46)43-30-24-38(33-47(43)51)35-22-28-40(29-23-35)52(48-18-10-7-14-41(48)36-12-4-3-5-13-36)39-26-20-34(21-27-39)37-25-31-50-45(32-37)44-16-8-11-19-49(44)53-50/h3-33H,1-2H3. The van der Waals surface area contributed by atoms with Crippen LogP contribution in [0.15, 0.2) is 192 Å². The Labute approximate surface area is 310 Å². The minimum Gasteiger partial charge on any atom is -0.456 e. The molecule has 0 spiro atoms. The van der Waals surface area contributed by atoms with Crippen molar-refractivity contribution in [2.75, 3.05) is 4.90 Å². The third-order valence-corrected chi connectivity index (χ3v) is 11.1. The molecular formula is C51H37NO. The number of anilines is 3. The summed E-state index contributed by atoms with van der Waals surface area (Å²) in [5.74, 6) is 0. The number of fused-ring (bicyclic) bond motifs is 6. The fraction of sp³-hybridized carbons (Fsp3) is 0.0588. The van der Waals surface area contributed by atoms with Crippen molar-refractivity contribution < 1.29 is 4.42 Å². The molecule has 0 saturated heterocycles. The van der Waals surface area contributed by atoms with E-state index in [2.05, 4.69) is 195 Å². The van der Waals surface area contributed by atoms with Gasteiger partial charge in [0.2, 0.25) is 0 Å². The summed E-state index contributed by atoms with van der Waals surface area (Å²) in [6.07, 6.45) is 0. The summed E-state index contributed by atoms with van der Waals surface area (Å²) < 4.78 is 6.11. The minimum atomic E-state index is -0.0376. The predicted molar refractivity (Wildman–Crippen MR) is 222 cm³/mol. The molecule has 0 atom stereocenters. The van der Waals surface area contributed by atoms with Gasteiger partial charge in [-0.05, 0) is 105 Å². The summed E-state index contributed by atoms with van der Waals surface area (Å²) in [6.45, 7) is 4.69. The highest BCUT2D eigenvalue weighted by Gasteiger charge is 2.35. The molecule has 0 unspecified atom stereocenters. The van der Waals surface area contributed by atoms with Crippen LogP contribution in [0.1, 0.15) is 25.0 Å². The summed E-state index contributed by atoms with van der Waals surface area (Å²) >= 11 is 0. The Morgan fingerprint density at radius 1 is 0.377 bits per heavy atom. The minimum absolute atomic E-state index is 0.0376. The van der Waals surface area contributed by atoms with E-state index >= 15 is 0 Å². The van der Waals surface area contributed by atoms with Gasteiger partial charge in [0.1, 0.15) is 11.2 Å². The van der Waals surface area contributed by atoms with Gasteiger partial charge in [-0.3, -0.25) is 0 Å². The highest BCUT2D eigenvalue weighted by molar-refractivity contribution is 6.06. The van der Waals surface area contributed by atoms with Crippen LogP contribution in [0.2, 0.25) is 0 Å². The number of hydrogen-bond acceptors (Lipinski definition) is 2. The van der Waals surface area contributed by atoms with Crippen LogP contribution in [0.4, 0.5) is 17.1 Å². The molecule has 8 aromatic carbocycles. The molecule has 1 aliphatic rings. The van der Waals surface area contributed by atoms with Gasteiger partial charge in [-0.15, -0.1) is 0 Å². The number of nitrogens with zero attached hydrogens (tertiary/aromatic N) is 1. The van der Waals surface area contributed by atoms with Crippen molar-refractivity contribution in [2.24, 2.45) is 0 Å². The van der Waals surface area contributed by atoms with Crippen molar-refractivity contribution in [3.63, 3.8) is 0 Å². The maximum absolute atomic E-state index is 6.11. The molecule has 0 amide bonds. The van der Waals surface area contributed by atoms with E-state index in [4.69, 9.17) is 4.42 Å². The van der Waals surface area contributed by atoms with E-state index in [1.54, 1.807) is 0 Å². The molecular weight excluding hydrogens is 643 g/mol. The van der Waals surface area contributed by atoms with Crippen molar-refractivity contribution >= 4 is 39.0 Å². The molecule has 0 N–H and O–H groups in total. The molecule has 2 nitrogen and oxygen atoms in total. The average molecular weight is 680 g/mol. The molecule has 53 heavy (non-hydrogen) atoms. The summed E-state index contributed by atoms with van der Waals surface area (Å²) in [6, 6.07) is 67.9. The zero-order chi connectivity index (χ0) is 35.5. The predicted octanol–water partition coefficient (Wildman–Crippen LogP) is 14.4. The largest absolute Gasteiger partial charge is 0.456 e. The van der Waals surface area contributed by atoms with Crippen molar-refractivity contribution in [3.8, 4) is 44.5 Å². The van der Waals surface area contributed by atoms with Gasteiger partial charge in [0, 0.05) is 33.1 Å². The molecule has 0 bridgehead atoms. The normalized spacial score (nSPS) is 12.9. The zero-order valence-corrected chi connectivity index (χ0v) is 29.8. The van der Waals surface area contributed by atoms with Crippen molar-refractivity contribution in [3.05, 3.63) is 199 Å². The van der Waals surface area contributed by atoms with Crippen molar-refractivity contribution in [1.82, 2.24) is 0 Å². The fourth-order valence-electron chi connectivity index (χ4n) is 8.35. The first kappa shape index (κ1) is 31.1. The van der Waals surface area contributed by atoms with Gasteiger partial charge in [0.15, 0.2) is 0 Å². The molecule has 1 heterocycles. The summed E-state index contributed by atoms with van der Waals surface area (Å²) in [5, 5.41) is 2.28. The maximum atomic E-state index is 6.11. The number of rotatable bonds is 6. The van der Waals surface area contributed by atoms with Gasteiger partial charge in [0.05, 0.1) is 5.69 Å². The van der Waals surface area contributed by atoms with Gasteiger partial charge in [-0.1, -0.05) is 147 Å². The van der Waals surface area contributed by atoms with Gasteiger partial charge >= 0.3 is 0 Å². The molecule has 0 aliphatic heterocycles. The highest BCUT2D eigenvalue weighted by atomic mass is 16.3. The lowest BCUT2D eigenvalue weighted by molar-refractivity contribution is 0.660. The van der Waals surface area contributed by atoms with Crippen LogP contribution in [0.3, 0.4) is 0 Å². The summed E-state index contributed by atoms with van der Waals surface area (Å²) in [7, 11) is 0. The molecule has 1 aromatic heterocycles. The van der Waals surface area contributed by atoms with Crippen LogP contribution in [-0.4, -0.2) is 0 Å². The van der Waals surface area contributed by atoms with E-state index in [0.29, 0.717) is 0 Å². The lowest BCUT2D eigenvalue weighted by Crippen LogP contribution is -2.14. The Morgan fingerprint density at radius 3 is 1.68 bits per heavy atom. The van der Waals surface area contributed by atoms with Gasteiger partial charge in [-0.25, -0.2) is 0 Å². The Bertz CT molecular complexity index is 2790. The molecule has 252 valence electrons. The molecule has 0 radical (unpaired) electrons. The van der Waals surface area contributed by atoms with E-state index in [9.17, 15) is 0 Å². The first-order valence-corrected chi connectivity index (χ1v) is 18.3. The number of furan rings is 1. The first-order valence-electron chi connectivity index (χ1n) is 18.3. The van der Waals surface area contributed by atoms with E-state index < -0.39 is 0 Å². The lowest BCUT2D eigenvalue weighted by Gasteiger charge is -2.28. The van der Waals surface area contributed by atoms with Crippen molar-refractivity contribution in [2.45, 2.75) is 19.3 Å². The van der Waals surface area contributed by atoms with Gasteiger partial charge in [0.25, 0.3) is 0 Å². The molecule has 0 fully saturated rings. The molecule has 0 saturated carbocycles. The van der Waals surface area contributed by atoms with Crippen LogP contribution in [0.5, 0.6) is 0 Å². The number of para-hydroxylation sites is 2. The molecule has 10 rings (SSSR count). The highest BCUT2D eigenvalue weighted by Crippen LogP contribution is 2.50. The topological polar surface area (TPSA) is 16.4 Å². The van der Waals surface area contributed by atoms with E-state index in [1.165, 1.54) is 44.5 Å².